The zero-order chi connectivity index (χ0) is 12.3. The van der Waals surface area contributed by atoms with E-state index in [1.165, 1.54) is 0 Å². The fourth-order valence-electron chi connectivity index (χ4n) is 1.77. The molecule has 1 heterocycles. The average molecular weight is 237 g/mol. The lowest BCUT2D eigenvalue weighted by Crippen LogP contribution is -2.32. The monoisotopic (exact) mass is 237 g/mol. The van der Waals surface area contributed by atoms with E-state index in [2.05, 4.69) is 5.32 Å². The van der Waals surface area contributed by atoms with E-state index >= 15 is 0 Å². The molecule has 1 aliphatic rings. The van der Waals surface area contributed by atoms with Gasteiger partial charge in [0.2, 0.25) is 0 Å². The lowest BCUT2D eigenvalue weighted by atomic mass is 10.1. The number of ether oxygens (including phenoxy) is 1. The largest absolute Gasteiger partial charge is 0.461 e. The van der Waals surface area contributed by atoms with E-state index in [9.17, 15) is 4.79 Å². The average Bonchev–Trinajstić information content (AvgIpc) is 2.79. The van der Waals surface area contributed by atoms with Crippen LogP contribution >= 0.6 is 0 Å². The number of nitrogens with one attached hydrogen (secondary N) is 1. The third-order valence-corrected chi connectivity index (χ3v) is 2.68. The van der Waals surface area contributed by atoms with Gasteiger partial charge in [0.05, 0.1) is 6.61 Å². The van der Waals surface area contributed by atoms with Crippen LogP contribution in [0.15, 0.2) is 24.3 Å². The predicted octanol–water partition coefficient (Wildman–Crippen LogP) is -0.0804. The molecule has 0 spiro atoms. The van der Waals surface area contributed by atoms with Gasteiger partial charge in [0, 0.05) is 12.1 Å². The van der Waals surface area contributed by atoms with Crippen molar-refractivity contribution in [3.05, 3.63) is 29.8 Å². The van der Waals surface area contributed by atoms with Crippen molar-refractivity contribution >= 4 is 11.7 Å². The molecule has 3 N–H and O–H groups in total. The number of rotatable bonds is 4. The molecule has 5 heteroatoms. The number of benzene rings is 1. The van der Waals surface area contributed by atoms with Crippen molar-refractivity contribution in [3.63, 3.8) is 0 Å². The molecule has 1 aromatic rings. The Hall–Kier alpha value is -1.59. The van der Waals surface area contributed by atoms with Crippen LogP contribution in [0.5, 0.6) is 0 Å². The lowest BCUT2D eigenvalue weighted by molar-refractivity contribution is -0.148. The standard InChI is InChI=1S/C12H15NO4/c14-6-9(15)7-17-12(16)11-5-8-3-1-2-4-10(8)13-11/h1-4,9,11,13-15H,5-7H2. The van der Waals surface area contributed by atoms with Gasteiger partial charge >= 0.3 is 5.97 Å². The van der Waals surface area contributed by atoms with Crippen molar-refractivity contribution in [2.75, 3.05) is 18.5 Å². The van der Waals surface area contributed by atoms with E-state index < -0.39 is 24.7 Å². The molecule has 0 aliphatic carbocycles. The maximum Gasteiger partial charge on any atom is 0.328 e. The van der Waals surface area contributed by atoms with Crippen LogP contribution in [0.1, 0.15) is 5.56 Å². The Balaban J connectivity index is 1.88. The molecule has 0 saturated heterocycles. The van der Waals surface area contributed by atoms with Gasteiger partial charge in [-0.15, -0.1) is 0 Å². The summed E-state index contributed by atoms with van der Waals surface area (Å²) in [6, 6.07) is 7.28. The first-order valence-electron chi connectivity index (χ1n) is 5.50. The molecular formula is C12H15NO4. The summed E-state index contributed by atoms with van der Waals surface area (Å²) >= 11 is 0. The Morgan fingerprint density at radius 1 is 1.53 bits per heavy atom. The number of hydrogen-bond donors (Lipinski definition) is 3. The number of fused-ring (bicyclic) bond motifs is 1. The summed E-state index contributed by atoms with van der Waals surface area (Å²) < 4.78 is 4.90. The predicted molar refractivity (Wildman–Crippen MR) is 61.6 cm³/mol. The highest BCUT2D eigenvalue weighted by atomic mass is 16.5. The molecule has 0 saturated carbocycles. The number of aliphatic hydroxyl groups is 2. The molecule has 92 valence electrons. The van der Waals surface area contributed by atoms with Crippen LogP contribution in [0.2, 0.25) is 0 Å². The second-order valence-electron chi connectivity index (χ2n) is 4.02. The Kier molecular flexibility index (Phi) is 3.61. The third kappa shape index (κ3) is 2.75. The van der Waals surface area contributed by atoms with Crippen molar-refractivity contribution in [1.29, 1.82) is 0 Å². The number of carbonyl (C=O) groups excluding carboxylic acids is 1. The number of hydrogen-bond acceptors (Lipinski definition) is 5. The molecule has 0 fully saturated rings. The van der Waals surface area contributed by atoms with Gasteiger partial charge in [-0.3, -0.25) is 0 Å². The molecular weight excluding hydrogens is 222 g/mol. The minimum Gasteiger partial charge on any atom is -0.461 e. The number of aliphatic hydroxyl groups excluding tert-OH is 2. The van der Waals surface area contributed by atoms with E-state index in [4.69, 9.17) is 14.9 Å². The van der Waals surface area contributed by atoms with Crippen LogP contribution in [0, 0.1) is 0 Å². The van der Waals surface area contributed by atoms with Crippen molar-refractivity contribution in [3.8, 4) is 0 Å². The van der Waals surface area contributed by atoms with Gasteiger partial charge < -0.3 is 20.3 Å². The molecule has 0 radical (unpaired) electrons. The minimum absolute atomic E-state index is 0.177. The van der Waals surface area contributed by atoms with Crippen LogP contribution in [0.3, 0.4) is 0 Å². The first kappa shape index (κ1) is 11.9. The van der Waals surface area contributed by atoms with Crippen LogP contribution < -0.4 is 5.32 Å². The van der Waals surface area contributed by atoms with Crippen LogP contribution in [0.4, 0.5) is 5.69 Å². The van der Waals surface area contributed by atoms with Crippen LogP contribution in [-0.4, -0.2) is 41.5 Å². The fraction of sp³-hybridized carbons (Fsp3) is 0.417. The molecule has 1 aromatic carbocycles. The molecule has 0 amide bonds. The van der Waals surface area contributed by atoms with Gasteiger partial charge in [0.1, 0.15) is 18.8 Å². The summed E-state index contributed by atoms with van der Waals surface area (Å²) in [6.45, 7) is -0.588. The summed E-state index contributed by atoms with van der Waals surface area (Å²) in [4.78, 5) is 11.7. The Labute approximate surface area is 99.0 Å². The molecule has 1 aliphatic heterocycles. The van der Waals surface area contributed by atoms with Crippen molar-refractivity contribution in [2.24, 2.45) is 0 Å². The highest BCUT2D eigenvalue weighted by molar-refractivity contribution is 5.82. The van der Waals surface area contributed by atoms with E-state index in [1.807, 2.05) is 24.3 Å². The quantitative estimate of drug-likeness (QED) is 0.638. The maximum absolute atomic E-state index is 11.7. The number of esters is 1. The summed E-state index contributed by atoms with van der Waals surface area (Å²) in [7, 11) is 0. The van der Waals surface area contributed by atoms with E-state index in [0.29, 0.717) is 6.42 Å². The van der Waals surface area contributed by atoms with Gasteiger partial charge in [-0.05, 0) is 11.6 Å². The SMILES string of the molecule is O=C(OCC(O)CO)C1Cc2ccccc2N1. The molecule has 2 rings (SSSR count). The van der Waals surface area contributed by atoms with E-state index in [-0.39, 0.29) is 6.61 Å². The highest BCUT2D eigenvalue weighted by Gasteiger charge is 2.27. The fourth-order valence-corrected chi connectivity index (χ4v) is 1.77. The molecule has 2 unspecified atom stereocenters. The van der Waals surface area contributed by atoms with Crippen LogP contribution in [-0.2, 0) is 16.0 Å². The summed E-state index contributed by atoms with van der Waals surface area (Å²) in [5.74, 6) is -0.409. The molecule has 5 nitrogen and oxygen atoms in total. The van der Waals surface area contributed by atoms with Gasteiger partial charge in [-0.2, -0.15) is 0 Å². The molecule has 0 aromatic heterocycles. The first-order valence-corrected chi connectivity index (χ1v) is 5.50. The normalized spacial score (nSPS) is 19.3. The Morgan fingerprint density at radius 2 is 2.29 bits per heavy atom. The molecule has 0 bridgehead atoms. The molecule has 2 atom stereocenters. The number of para-hydroxylation sites is 1. The zero-order valence-electron chi connectivity index (χ0n) is 9.30. The molecule has 17 heavy (non-hydrogen) atoms. The summed E-state index contributed by atoms with van der Waals surface area (Å²) in [5, 5.41) is 20.7. The number of carbonyl (C=O) groups is 1. The second-order valence-corrected chi connectivity index (χ2v) is 4.02. The topological polar surface area (TPSA) is 78.8 Å². The van der Waals surface area contributed by atoms with Crippen molar-refractivity contribution in [2.45, 2.75) is 18.6 Å². The van der Waals surface area contributed by atoms with Gasteiger partial charge in [-0.1, -0.05) is 18.2 Å². The zero-order valence-corrected chi connectivity index (χ0v) is 9.30. The van der Waals surface area contributed by atoms with Crippen molar-refractivity contribution < 1.29 is 19.7 Å². The van der Waals surface area contributed by atoms with Gasteiger partial charge in [0.15, 0.2) is 0 Å². The van der Waals surface area contributed by atoms with E-state index in [1.54, 1.807) is 0 Å². The smallest absolute Gasteiger partial charge is 0.328 e. The minimum atomic E-state index is -1.01. The van der Waals surface area contributed by atoms with Gasteiger partial charge in [0.25, 0.3) is 0 Å². The maximum atomic E-state index is 11.7. The summed E-state index contributed by atoms with van der Waals surface area (Å²) in [6.07, 6.45) is -0.424. The summed E-state index contributed by atoms with van der Waals surface area (Å²) in [5.41, 5.74) is 2.02. The highest BCUT2D eigenvalue weighted by Crippen LogP contribution is 2.25. The lowest BCUT2D eigenvalue weighted by Gasteiger charge is -2.13. The van der Waals surface area contributed by atoms with Gasteiger partial charge in [-0.25, -0.2) is 4.79 Å². The first-order chi connectivity index (χ1) is 8.20. The third-order valence-electron chi connectivity index (χ3n) is 2.68. The van der Waals surface area contributed by atoms with Crippen molar-refractivity contribution in [1.82, 2.24) is 0 Å². The Morgan fingerprint density at radius 3 is 3.00 bits per heavy atom. The second kappa shape index (κ2) is 5.16. The number of anilines is 1. The van der Waals surface area contributed by atoms with E-state index in [0.717, 1.165) is 11.3 Å². The Bertz CT molecular complexity index is 382. The van der Waals surface area contributed by atoms with Crippen LogP contribution in [0.25, 0.3) is 0 Å².